The van der Waals surface area contributed by atoms with Gasteiger partial charge in [0.25, 0.3) is 5.56 Å². The number of aryl methyl sites for hydroxylation is 2. The molecular formula is C29H29N3O5. The predicted octanol–water partition coefficient (Wildman–Crippen LogP) is 4.65. The number of methoxy groups -OCH3 is 1. The molecule has 0 aliphatic carbocycles. The van der Waals surface area contributed by atoms with E-state index in [0.717, 1.165) is 33.6 Å². The molecule has 8 nitrogen and oxygen atoms in total. The Morgan fingerprint density at radius 3 is 2.43 bits per heavy atom. The molecule has 0 saturated heterocycles. The summed E-state index contributed by atoms with van der Waals surface area (Å²) in [7, 11) is 1.61. The zero-order valence-corrected chi connectivity index (χ0v) is 21.1. The second-order valence-electron chi connectivity index (χ2n) is 9.06. The molecule has 3 aromatic carbocycles. The van der Waals surface area contributed by atoms with E-state index in [9.17, 15) is 9.59 Å². The fourth-order valence-electron chi connectivity index (χ4n) is 4.37. The first-order valence-corrected chi connectivity index (χ1v) is 12.1. The van der Waals surface area contributed by atoms with Crippen molar-refractivity contribution in [1.29, 1.82) is 0 Å². The van der Waals surface area contributed by atoms with Crippen molar-refractivity contribution in [3.05, 3.63) is 87.7 Å². The van der Waals surface area contributed by atoms with E-state index in [1.807, 2.05) is 68.4 Å². The number of aromatic nitrogens is 1. The lowest BCUT2D eigenvalue weighted by Crippen LogP contribution is -2.31. The van der Waals surface area contributed by atoms with Crippen molar-refractivity contribution in [2.24, 2.45) is 0 Å². The van der Waals surface area contributed by atoms with Crippen LogP contribution in [0.3, 0.4) is 0 Å². The number of hydrogen-bond donors (Lipinski definition) is 2. The molecule has 0 saturated carbocycles. The number of amides is 1. The molecule has 1 aliphatic heterocycles. The number of nitrogens with one attached hydrogen (secondary N) is 2. The minimum Gasteiger partial charge on any atom is -0.497 e. The zero-order chi connectivity index (χ0) is 25.9. The van der Waals surface area contributed by atoms with Crippen LogP contribution in [-0.2, 0) is 17.9 Å². The van der Waals surface area contributed by atoms with Crippen molar-refractivity contribution in [3.8, 4) is 17.2 Å². The van der Waals surface area contributed by atoms with Crippen molar-refractivity contribution in [1.82, 2.24) is 4.57 Å². The van der Waals surface area contributed by atoms with Gasteiger partial charge in [-0.25, -0.2) is 0 Å². The Morgan fingerprint density at radius 1 is 0.973 bits per heavy atom. The first-order chi connectivity index (χ1) is 17.9. The highest BCUT2D eigenvalue weighted by Crippen LogP contribution is 2.34. The number of hydrogen-bond acceptors (Lipinski definition) is 6. The van der Waals surface area contributed by atoms with Crippen molar-refractivity contribution in [2.45, 2.75) is 26.9 Å². The van der Waals surface area contributed by atoms with Gasteiger partial charge in [-0.05, 0) is 67.4 Å². The van der Waals surface area contributed by atoms with E-state index in [2.05, 4.69) is 10.6 Å². The molecular weight excluding hydrogens is 470 g/mol. The molecule has 37 heavy (non-hydrogen) atoms. The SMILES string of the molecule is COc1ccc(NCc2cc3cc4c(cc3n(CC(=O)Nc3cc(C)ccc3C)c2=O)OCCO4)cc1. The summed E-state index contributed by atoms with van der Waals surface area (Å²) < 4.78 is 18.2. The fourth-order valence-corrected chi connectivity index (χ4v) is 4.37. The maximum absolute atomic E-state index is 13.6. The van der Waals surface area contributed by atoms with Crippen LogP contribution < -0.4 is 30.4 Å². The van der Waals surface area contributed by atoms with E-state index < -0.39 is 0 Å². The summed E-state index contributed by atoms with van der Waals surface area (Å²) in [6.45, 7) is 4.94. The van der Waals surface area contributed by atoms with Crippen LogP contribution in [0.2, 0.25) is 0 Å². The summed E-state index contributed by atoms with van der Waals surface area (Å²) in [5.41, 5.74) is 4.46. The Hall–Kier alpha value is -4.46. The molecule has 0 spiro atoms. The number of pyridine rings is 1. The van der Waals surface area contributed by atoms with Crippen LogP contribution in [0.5, 0.6) is 17.2 Å². The maximum atomic E-state index is 13.6. The molecule has 0 bridgehead atoms. The average Bonchev–Trinajstić information content (AvgIpc) is 2.90. The lowest BCUT2D eigenvalue weighted by atomic mass is 10.1. The van der Waals surface area contributed by atoms with Gasteiger partial charge >= 0.3 is 0 Å². The van der Waals surface area contributed by atoms with Crippen LogP contribution in [0.25, 0.3) is 10.9 Å². The Morgan fingerprint density at radius 2 is 1.70 bits per heavy atom. The first kappa shape index (κ1) is 24.2. The van der Waals surface area contributed by atoms with Gasteiger partial charge in [0.15, 0.2) is 11.5 Å². The van der Waals surface area contributed by atoms with Crippen molar-refractivity contribution in [2.75, 3.05) is 31.0 Å². The smallest absolute Gasteiger partial charge is 0.256 e. The number of carbonyl (C=O) groups excluding carboxylic acids is 1. The van der Waals surface area contributed by atoms with E-state index in [0.29, 0.717) is 35.8 Å². The quantitative estimate of drug-likeness (QED) is 0.385. The number of rotatable bonds is 7. The lowest BCUT2D eigenvalue weighted by Gasteiger charge is -2.21. The maximum Gasteiger partial charge on any atom is 0.256 e. The summed E-state index contributed by atoms with van der Waals surface area (Å²) in [5, 5.41) is 7.04. The molecule has 1 aromatic heterocycles. The molecule has 1 amide bonds. The molecule has 190 valence electrons. The van der Waals surface area contributed by atoms with Crippen LogP contribution in [0.4, 0.5) is 11.4 Å². The van der Waals surface area contributed by atoms with Gasteiger partial charge in [0.1, 0.15) is 25.5 Å². The number of nitrogens with zero attached hydrogens (tertiary/aromatic N) is 1. The van der Waals surface area contributed by atoms with Crippen LogP contribution in [0, 0.1) is 13.8 Å². The molecule has 2 N–H and O–H groups in total. The number of benzene rings is 3. The van der Waals surface area contributed by atoms with Gasteiger partial charge in [0, 0.05) is 34.9 Å². The number of carbonyl (C=O) groups is 1. The Kier molecular flexibility index (Phi) is 6.72. The van der Waals surface area contributed by atoms with Crippen LogP contribution >= 0.6 is 0 Å². The largest absolute Gasteiger partial charge is 0.497 e. The summed E-state index contributed by atoms with van der Waals surface area (Å²) in [6, 6.07) is 18.8. The number of fused-ring (bicyclic) bond motifs is 2. The second kappa shape index (κ2) is 10.3. The monoisotopic (exact) mass is 499 g/mol. The number of anilines is 2. The number of ether oxygens (including phenoxy) is 3. The summed E-state index contributed by atoms with van der Waals surface area (Å²) >= 11 is 0. The molecule has 5 rings (SSSR count). The third-order valence-corrected chi connectivity index (χ3v) is 6.37. The molecule has 0 unspecified atom stereocenters. The molecule has 0 radical (unpaired) electrons. The van der Waals surface area contributed by atoms with Crippen molar-refractivity contribution < 1.29 is 19.0 Å². The second-order valence-corrected chi connectivity index (χ2v) is 9.06. The summed E-state index contributed by atoms with van der Waals surface area (Å²) in [6.07, 6.45) is 0. The Balaban J connectivity index is 1.50. The summed E-state index contributed by atoms with van der Waals surface area (Å²) in [4.78, 5) is 26.8. The van der Waals surface area contributed by atoms with Crippen LogP contribution in [-0.4, -0.2) is 30.8 Å². The van der Waals surface area contributed by atoms with E-state index in [4.69, 9.17) is 14.2 Å². The van der Waals surface area contributed by atoms with E-state index in [-0.39, 0.29) is 24.6 Å². The molecule has 1 aliphatic rings. The minimum atomic E-state index is -0.285. The third-order valence-electron chi connectivity index (χ3n) is 6.37. The highest BCUT2D eigenvalue weighted by atomic mass is 16.6. The van der Waals surface area contributed by atoms with Gasteiger partial charge in [0.2, 0.25) is 5.91 Å². The van der Waals surface area contributed by atoms with Gasteiger partial charge in [-0.2, -0.15) is 0 Å². The van der Waals surface area contributed by atoms with Crippen molar-refractivity contribution >= 4 is 28.2 Å². The fraction of sp³-hybridized carbons (Fsp3) is 0.241. The highest BCUT2D eigenvalue weighted by Gasteiger charge is 2.18. The van der Waals surface area contributed by atoms with Crippen LogP contribution in [0.1, 0.15) is 16.7 Å². The molecule has 4 aromatic rings. The molecule has 8 heteroatoms. The molecule has 2 heterocycles. The molecule has 0 atom stereocenters. The van der Waals surface area contributed by atoms with Gasteiger partial charge in [-0.1, -0.05) is 12.1 Å². The highest BCUT2D eigenvalue weighted by molar-refractivity contribution is 5.93. The Bertz CT molecular complexity index is 1530. The molecule has 0 fully saturated rings. The summed E-state index contributed by atoms with van der Waals surface area (Å²) in [5.74, 6) is 1.65. The van der Waals surface area contributed by atoms with E-state index in [1.165, 1.54) is 4.57 Å². The van der Waals surface area contributed by atoms with E-state index >= 15 is 0 Å². The van der Waals surface area contributed by atoms with Crippen LogP contribution in [0.15, 0.2) is 65.5 Å². The van der Waals surface area contributed by atoms with Crippen molar-refractivity contribution in [3.63, 3.8) is 0 Å². The zero-order valence-electron chi connectivity index (χ0n) is 21.1. The van der Waals surface area contributed by atoms with Gasteiger partial charge in [-0.3, -0.25) is 14.2 Å². The normalized spacial score (nSPS) is 12.3. The average molecular weight is 500 g/mol. The van der Waals surface area contributed by atoms with Gasteiger partial charge in [-0.15, -0.1) is 0 Å². The van der Waals surface area contributed by atoms with Gasteiger partial charge < -0.3 is 24.8 Å². The topological polar surface area (TPSA) is 90.8 Å². The van der Waals surface area contributed by atoms with Gasteiger partial charge in [0.05, 0.1) is 12.6 Å². The standard InChI is InChI=1S/C29H29N3O5/c1-18-4-5-19(2)24(12-18)31-28(33)17-32-25-15-27-26(36-10-11-37-27)14-20(25)13-21(29(32)34)16-30-22-6-8-23(35-3)9-7-22/h4-9,12-15,30H,10-11,16-17H2,1-3H3,(H,31,33). The third kappa shape index (κ3) is 5.23. The van der Waals surface area contributed by atoms with E-state index in [1.54, 1.807) is 13.2 Å². The Labute approximate surface area is 214 Å². The minimum absolute atomic E-state index is 0.140. The first-order valence-electron chi connectivity index (χ1n) is 12.1. The lowest BCUT2D eigenvalue weighted by molar-refractivity contribution is -0.116. The predicted molar refractivity (Wildman–Crippen MR) is 144 cm³/mol.